The van der Waals surface area contributed by atoms with Crippen molar-refractivity contribution in [3.05, 3.63) is 40.9 Å². The third-order valence-corrected chi connectivity index (χ3v) is 3.95. The molecule has 6 heteroatoms. The first-order valence-electron chi connectivity index (χ1n) is 5.23. The zero-order chi connectivity index (χ0) is 13.0. The molecule has 0 aliphatic heterocycles. The van der Waals surface area contributed by atoms with Crippen LogP contribution in [0.4, 0.5) is 5.82 Å². The first-order chi connectivity index (χ1) is 8.67. The van der Waals surface area contributed by atoms with E-state index in [0.717, 1.165) is 21.4 Å². The third-order valence-electron chi connectivity index (χ3n) is 2.17. The molecule has 0 aliphatic carbocycles. The van der Waals surface area contributed by atoms with Crippen molar-refractivity contribution < 1.29 is 0 Å². The number of hydrogen-bond donors (Lipinski definition) is 1. The molecule has 1 aromatic heterocycles. The van der Waals surface area contributed by atoms with Crippen LogP contribution in [0.15, 0.2) is 40.5 Å². The van der Waals surface area contributed by atoms with Gasteiger partial charge in [-0.2, -0.15) is 0 Å². The Morgan fingerprint density at radius 2 is 2.11 bits per heavy atom. The Morgan fingerprint density at radius 3 is 2.83 bits per heavy atom. The molecular weight excluding hydrogens is 286 g/mol. The largest absolute Gasteiger partial charge is 0.384 e. The van der Waals surface area contributed by atoms with Gasteiger partial charge in [-0.15, -0.1) is 11.8 Å². The van der Waals surface area contributed by atoms with E-state index in [4.69, 9.17) is 17.3 Å². The van der Waals surface area contributed by atoms with Gasteiger partial charge in [0, 0.05) is 16.8 Å². The summed E-state index contributed by atoms with van der Waals surface area (Å²) >= 11 is 9.04. The molecule has 18 heavy (non-hydrogen) atoms. The van der Waals surface area contributed by atoms with E-state index in [1.165, 1.54) is 0 Å². The van der Waals surface area contributed by atoms with E-state index in [2.05, 4.69) is 9.97 Å². The van der Waals surface area contributed by atoms with Gasteiger partial charge in [-0.05, 0) is 24.0 Å². The van der Waals surface area contributed by atoms with Gasteiger partial charge in [0.1, 0.15) is 10.8 Å². The Balaban J connectivity index is 2.08. The quantitative estimate of drug-likeness (QED) is 0.529. The number of benzene rings is 1. The van der Waals surface area contributed by atoms with Gasteiger partial charge in [-0.25, -0.2) is 9.97 Å². The number of thioether (sulfide) groups is 2. The van der Waals surface area contributed by atoms with Crippen LogP contribution >= 0.6 is 35.1 Å². The summed E-state index contributed by atoms with van der Waals surface area (Å²) in [6.07, 6.45) is 1.97. The maximum atomic E-state index is 5.94. The smallest absolute Gasteiger partial charge is 0.190 e. The van der Waals surface area contributed by atoms with Crippen molar-refractivity contribution >= 4 is 40.9 Å². The number of anilines is 1. The minimum absolute atomic E-state index is 0.503. The zero-order valence-electron chi connectivity index (χ0n) is 9.76. The predicted octanol–water partition coefficient (Wildman–Crippen LogP) is 3.73. The molecule has 2 N–H and O–H groups in total. The standard InChI is InChI=1S/C12H12ClN3S2/c1-17-11-6-10(14)15-12(16-11)18-7-8-3-2-4-9(13)5-8/h2-6H,7H2,1H3,(H2,14,15,16). The highest BCUT2D eigenvalue weighted by Gasteiger charge is 2.04. The Kier molecular flexibility index (Phi) is 4.74. The lowest BCUT2D eigenvalue weighted by molar-refractivity contribution is 0.900. The van der Waals surface area contributed by atoms with Gasteiger partial charge in [0.05, 0.1) is 0 Å². The van der Waals surface area contributed by atoms with Crippen LogP contribution in [0.1, 0.15) is 5.56 Å². The first kappa shape index (κ1) is 13.5. The summed E-state index contributed by atoms with van der Waals surface area (Å²) in [7, 11) is 0. The van der Waals surface area contributed by atoms with Gasteiger partial charge in [0.2, 0.25) is 0 Å². The van der Waals surface area contributed by atoms with E-state index >= 15 is 0 Å². The maximum absolute atomic E-state index is 5.94. The Hall–Kier alpha value is -0.910. The molecule has 0 bridgehead atoms. The molecule has 0 spiro atoms. The van der Waals surface area contributed by atoms with Gasteiger partial charge >= 0.3 is 0 Å². The van der Waals surface area contributed by atoms with E-state index in [-0.39, 0.29) is 0 Å². The second kappa shape index (κ2) is 6.31. The molecule has 0 fully saturated rings. The van der Waals surface area contributed by atoms with E-state index in [0.29, 0.717) is 11.0 Å². The fourth-order valence-corrected chi connectivity index (χ4v) is 2.86. The number of rotatable bonds is 4. The van der Waals surface area contributed by atoms with Crippen LogP contribution in [0.5, 0.6) is 0 Å². The number of hydrogen-bond acceptors (Lipinski definition) is 5. The first-order valence-corrected chi connectivity index (χ1v) is 7.82. The van der Waals surface area contributed by atoms with Crippen LogP contribution in [0.25, 0.3) is 0 Å². The summed E-state index contributed by atoms with van der Waals surface area (Å²) < 4.78 is 0. The Bertz CT molecular complexity index is 549. The van der Waals surface area contributed by atoms with Crippen molar-refractivity contribution in [3.63, 3.8) is 0 Å². The average Bonchev–Trinajstić information content (AvgIpc) is 2.36. The number of nitrogens with zero attached hydrogens (tertiary/aromatic N) is 2. The minimum atomic E-state index is 0.503. The van der Waals surface area contributed by atoms with E-state index in [9.17, 15) is 0 Å². The molecule has 0 saturated heterocycles. The lowest BCUT2D eigenvalue weighted by atomic mass is 10.2. The molecular formula is C12H12ClN3S2. The highest BCUT2D eigenvalue weighted by Crippen LogP contribution is 2.24. The van der Waals surface area contributed by atoms with Crippen molar-refractivity contribution in [3.8, 4) is 0 Å². The predicted molar refractivity (Wildman–Crippen MR) is 79.2 cm³/mol. The topological polar surface area (TPSA) is 51.8 Å². The number of nitrogen functional groups attached to an aromatic ring is 1. The molecule has 2 aromatic rings. The molecule has 2 rings (SSSR count). The van der Waals surface area contributed by atoms with Crippen molar-refractivity contribution in [2.45, 2.75) is 15.9 Å². The summed E-state index contributed by atoms with van der Waals surface area (Å²) in [6, 6.07) is 9.54. The molecule has 1 aromatic carbocycles. The summed E-state index contributed by atoms with van der Waals surface area (Å²) in [5.74, 6) is 1.28. The molecule has 0 amide bonds. The average molecular weight is 298 g/mol. The van der Waals surface area contributed by atoms with E-state index in [1.807, 2.05) is 30.5 Å². The highest BCUT2D eigenvalue weighted by molar-refractivity contribution is 7.99. The molecule has 0 radical (unpaired) electrons. The van der Waals surface area contributed by atoms with E-state index in [1.54, 1.807) is 29.6 Å². The van der Waals surface area contributed by atoms with Crippen molar-refractivity contribution in [1.82, 2.24) is 9.97 Å². The van der Waals surface area contributed by atoms with Gasteiger partial charge < -0.3 is 5.73 Å². The van der Waals surface area contributed by atoms with Crippen LogP contribution in [-0.4, -0.2) is 16.2 Å². The minimum Gasteiger partial charge on any atom is -0.384 e. The molecule has 3 nitrogen and oxygen atoms in total. The normalized spacial score (nSPS) is 10.6. The summed E-state index contributed by atoms with van der Waals surface area (Å²) in [4.78, 5) is 8.59. The van der Waals surface area contributed by atoms with Gasteiger partial charge in [-0.3, -0.25) is 0 Å². The maximum Gasteiger partial charge on any atom is 0.190 e. The zero-order valence-corrected chi connectivity index (χ0v) is 12.1. The van der Waals surface area contributed by atoms with Gasteiger partial charge in [0.15, 0.2) is 5.16 Å². The fourth-order valence-electron chi connectivity index (χ4n) is 1.36. The third kappa shape index (κ3) is 3.80. The van der Waals surface area contributed by atoms with Crippen LogP contribution in [0.3, 0.4) is 0 Å². The molecule has 0 saturated carbocycles. The van der Waals surface area contributed by atoms with Crippen LogP contribution < -0.4 is 5.73 Å². The van der Waals surface area contributed by atoms with Crippen molar-refractivity contribution in [1.29, 1.82) is 0 Å². The molecule has 0 unspecified atom stereocenters. The number of aromatic nitrogens is 2. The SMILES string of the molecule is CSc1cc(N)nc(SCc2cccc(Cl)c2)n1. The van der Waals surface area contributed by atoms with Crippen molar-refractivity contribution in [2.75, 3.05) is 12.0 Å². The molecule has 0 aliphatic rings. The second-order valence-corrected chi connectivity index (χ2v) is 5.74. The highest BCUT2D eigenvalue weighted by atomic mass is 35.5. The van der Waals surface area contributed by atoms with Crippen molar-refractivity contribution in [2.24, 2.45) is 0 Å². The summed E-state index contributed by atoms with van der Waals surface area (Å²) in [6.45, 7) is 0. The van der Waals surface area contributed by atoms with Gasteiger partial charge in [0.25, 0.3) is 0 Å². The van der Waals surface area contributed by atoms with Crippen LogP contribution in [0.2, 0.25) is 5.02 Å². The summed E-state index contributed by atoms with van der Waals surface area (Å²) in [5, 5.41) is 2.32. The van der Waals surface area contributed by atoms with Crippen LogP contribution in [-0.2, 0) is 5.75 Å². The van der Waals surface area contributed by atoms with Crippen LogP contribution in [0, 0.1) is 0 Å². The van der Waals surface area contributed by atoms with Gasteiger partial charge in [-0.1, -0.05) is 35.5 Å². The second-order valence-electron chi connectivity index (χ2n) is 3.54. The fraction of sp³-hybridized carbons (Fsp3) is 0.167. The molecule has 0 atom stereocenters. The number of nitrogens with two attached hydrogens (primary N) is 1. The molecule has 1 heterocycles. The lowest BCUT2D eigenvalue weighted by Gasteiger charge is -2.04. The lowest BCUT2D eigenvalue weighted by Crippen LogP contribution is -1.96. The summed E-state index contributed by atoms with van der Waals surface area (Å²) in [5.41, 5.74) is 6.87. The molecule has 94 valence electrons. The Morgan fingerprint density at radius 1 is 1.28 bits per heavy atom. The Labute approximate surface area is 120 Å². The monoisotopic (exact) mass is 297 g/mol. The van der Waals surface area contributed by atoms with E-state index < -0.39 is 0 Å². The number of halogens is 1.